The maximum absolute atomic E-state index is 12.1. The molecule has 0 saturated carbocycles. The monoisotopic (exact) mass is 248 g/mol. The molecule has 18 heavy (non-hydrogen) atoms. The highest BCUT2D eigenvalue weighted by atomic mass is 16.2. The van der Waals surface area contributed by atoms with Crippen molar-refractivity contribution in [2.45, 2.75) is 58.4 Å². The molecule has 100 valence electrons. The van der Waals surface area contributed by atoms with Gasteiger partial charge >= 0.3 is 0 Å². The highest BCUT2D eigenvalue weighted by molar-refractivity contribution is 5.92. The van der Waals surface area contributed by atoms with E-state index in [1.54, 1.807) is 12.3 Å². The van der Waals surface area contributed by atoms with Gasteiger partial charge in [0.1, 0.15) is 5.69 Å². The second-order valence-corrected chi connectivity index (χ2v) is 5.08. The van der Waals surface area contributed by atoms with Crippen molar-refractivity contribution in [2.24, 2.45) is 0 Å². The number of carbonyl (C=O) groups excluding carboxylic acids is 1. The molecule has 0 fully saturated rings. The second kappa shape index (κ2) is 7.14. The third-order valence-electron chi connectivity index (χ3n) is 3.20. The Kier molecular flexibility index (Phi) is 5.83. The van der Waals surface area contributed by atoms with Crippen LogP contribution in [0.15, 0.2) is 24.4 Å². The Morgan fingerprint density at radius 2 is 2.06 bits per heavy atom. The van der Waals surface area contributed by atoms with Crippen molar-refractivity contribution in [1.29, 1.82) is 0 Å². The van der Waals surface area contributed by atoms with E-state index in [2.05, 4.69) is 31.1 Å². The van der Waals surface area contributed by atoms with E-state index >= 15 is 0 Å². The van der Waals surface area contributed by atoms with Crippen molar-refractivity contribution in [3.63, 3.8) is 0 Å². The SMILES string of the molecule is CCCCC(C)(CCC)NC(=O)c1ccccn1. The van der Waals surface area contributed by atoms with Crippen LogP contribution in [0.1, 0.15) is 63.4 Å². The van der Waals surface area contributed by atoms with Crippen molar-refractivity contribution < 1.29 is 4.79 Å². The van der Waals surface area contributed by atoms with Crippen molar-refractivity contribution >= 4 is 5.91 Å². The molecule has 0 bridgehead atoms. The standard InChI is InChI=1S/C15H24N2O/c1-4-6-11-15(3,10-5-2)17-14(18)13-9-7-8-12-16-13/h7-9,12H,4-6,10-11H2,1-3H3,(H,17,18). The van der Waals surface area contributed by atoms with Crippen LogP contribution in [0.2, 0.25) is 0 Å². The van der Waals surface area contributed by atoms with Gasteiger partial charge in [-0.15, -0.1) is 0 Å². The lowest BCUT2D eigenvalue weighted by Gasteiger charge is -2.30. The molecule has 1 N–H and O–H groups in total. The maximum Gasteiger partial charge on any atom is 0.270 e. The summed E-state index contributed by atoms with van der Waals surface area (Å²) in [5.41, 5.74) is 0.385. The fourth-order valence-corrected chi connectivity index (χ4v) is 2.20. The average molecular weight is 248 g/mol. The zero-order valence-corrected chi connectivity index (χ0v) is 11.7. The fourth-order valence-electron chi connectivity index (χ4n) is 2.20. The quantitative estimate of drug-likeness (QED) is 0.801. The molecule has 1 amide bonds. The third-order valence-corrected chi connectivity index (χ3v) is 3.20. The molecule has 0 aromatic carbocycles. The first kappa shape index (κ1) is 14.7. The van der Waals surface area contributed by atoms with Crippen LogP contribution in [0.3, 0.4) is 0 Å². The molecular weight excluding hydrogens is 224 g/mol. The molecule has 1 unspecified atom stereocenters. The molecule has 1 atom stereocenters. The maximum atomic E-state index is 12.1. The van der Waals surface area contributed by atoms with Gasteiger partial charge < -0.3 is 5.32 Å². The van der Waals surface area contributed by atoms with Crippen molar-refractivity contribution in [1.82, 2.24) is 10.3 Å². The number of nitrogens with zero attached hydrogens (tertiary/aromatic N) is 1. The van der Waals surface area contributed by atoms with Crippen LogP contribution in [-0.2, 0) is 0 Å². The lowest BCUT2D eigenvalue weighted by molar-refractivity contribution is 0.0889. The van der Waals surface area contributed by atoms with Crippen LogP contribution in [0, 0.1) is 0 Å². The Bertz CT molecular complexity index is 364. The Balaban J connectivity index is 2.68. The van der Waals surface area contributed by atoms with E-state index in [9.17, 15) is 4.79 Å². The van der Waals surface area contributed by atoms with Gasteiger partial charge in [-0.05, 0) is 31.9 Å². The van der Waals surface area contributed by atoms with Crippen molar-refractivity contribution in [3.8, 4) is 0 Å². The first-order chi connectivity index (χ1) is 8.61. The minimum Gasteiger partial charge on any atom is -0.346 e. The minimum absolute atomic E-state index is 0.0670. The summed E-state index contributed by atoms with van der Waals surface area (Å²) in [7, 11) is 0. The van der Waals surface area contributed by atoms with Gasteiger partial charge in [0.25, 0.3) is 5.91 Å². The lowest BCUT2D eigenvalue weighted by atomic mass is 9.90. The predicted octanol–water partition coefficient (Wildman–Crippen LogP) is 3.56. The number of rotatable bonds is 7. The molecular formula is C15H24N2O. The molecule has 0 aliphatic rings. The minimum atomic E-state index is -0.112. The zero-order valence-electron chi connectivity index (χ0n) is 11.7. The molecule has 1 rings (SSSR count). The summed E-state index contributed by atoms with van der Waals surface area (Å²) in [6, 6.07) is 5.41. The van der Waals surface area contributed by atoms with Gasteiger partial charge in [-0.25, -0.2) is 0 Å². The number of hydrogen-bond donors (Lipinski definition) is 1. The van der Waals surface area contributed by atoms with Crippen LogP contribution >= 0.6 is 0 Å². The summed E-state index contributed by atoms with van der Waals surface area (Å²) in [4.78, 5) is 16.2. The van der Waals surface area contributed by atoms with Crippen LogP contribution < -0.4 is 5.32 Å². The Hall–Kier alpha value is -1.38. The summed E-state index contributed by atoms with van der Waals surface area (Å²) in [5, 5.41) is 3.14. The largest absolute Gasteiger partial charge is 0.346 e. The van der Waals surface area contributed by atoms with Crippen molar-refractivity contribution in [3.05, 3.63) is 30.1 Å². The predicted molar refractivity (Wildman–Crippen MR) is 74.5 cm³/mol. The second-order valence-electron chi connectivity index (χ2n) is 5.08. The number of unbranched alkanes of at least 4 members (excludes halogenated alkanes) is 1. The average Bonchev–Trinajstić information content (AvgIpc) is 2.38. The number of aromatic nitrogens is 1. The van der Waals surface area contributed by atoms with Crippen molar-refractivity contribution in [2.75, 3.05) is 0 Å². The molecule has 3 nitrogen and oxygen atoms in total. The highest BCUT2D eigenvalue weighted by Crippen LogP contribution is 2.20. The van der Waals surface area contributed by atoms with E-state index in [4.69, 9.17) is 0 Å². The summed E-state index contributed by atoms with van der Waals surface area (Å²) in [6.45, 7) is 6.46. The smallest absolute Gasteiger partial charge is 0.270 e. The van der Waals surface area contributed by atoms with Crippen LogP contribution in [-0.4, -0.2) is 16.4 Å². The van der Waals surface area contributed by atoms with Gasteiger partial charge in [0.05, 0.1) is 0 Å². The van der Waals surface area contributed by atoms with Gasteiger partial charge in [0.2, 0.25) is 0 Å². The molecule has 1 aromatic heterocycles. The Morgan fingerprint density at radius 3 is 2.61 bits per heavy atom. The first-order valence-corrected chi connectivity index (χ1v) is 6.85. The van der Waals surface area contributed by atoms with E-state index in [1.165, 1.54) is 0 Å². The van der Waals surface area contributed by atoms with E-state index in [0.717, 1.165) is 32.1 Å². The summed E-state index contributed by atoms with van der Waals surface area (Å²) < 4.78 is 0. The highest BCUT2D eigenvalue weighted by Gasteiger charge is 2.25. The number of nitrogens with one attached hydrogen (secondary N) is 1. The topological polar surface area (TPSA) is 42.0 Å². The van der Waals surface area contributed by atoms with Gasteiger partial charge in [0.15, 0.2) is 0 Å². The summed E-state index contributed by atoms with van der Waals surface area (Å²) in [6.07, 6.45) is 7.04. The Morgan fingerprint density at radius 1 is 1.28 bits per heavy atom. The molecule has 3 heteroatoms. The third kappa shape index (κ3) is 4.47. The van der Waals surface area contributed by atoms with Gasteiger partial charge in [-0.2, -0.15) is 0 Å². The fraction of sp³-hybridized carbons (Fsp3) is 0.600. The first-order valence-electron chi connectivity index (χ1n) is 6.85. The van der Waals surface area contributed by atoms with Gasteiger partial charge in [-0.1, -0.05) is 39.2 Å². The summed E-state index contributed by atoms with van der Waals surface area (Å²) in [5.74, 6) is -0.0670. The lowest BCUT2D eigenvalue weighted by Crippen LogP contribution is -2.46. The number of carbonyl (C=O) groups is 1. The van der Waals surface area contributed by atoms with Gasteiger partial charge in [0, 0.05) is 11.7 Å². The Labute approximate surface area is 110 Å². The normalized spacial score (nSPS) is 13.9. The van der Waals surface area contributed by atoms with Crippen LogP contribution in [0.5, 0.6) is 0 Å². The number of amides is 1. The van der Waals surface area contributed by atoms with E-state index in [-0.39, 0.29) is 11.4 Å². The summed E-state index contributed by atoms with van der Waals surface area (Å²) >= 11 is 0. The number of pyridine rings is 1. The van der Waals surface area contributed by atoms with E-state index in [0.29, 0.717) is 5.69 Å². The molecule has 0 saturated heterocycles. The zero-order chi connectivity index (χ0) is 13.4. The molecule has 0 aliphatic carbocycles. The van der Waals surface area contributed by atoms with Crippen LogP contribution in [0.25, 0.3) is 0 Å². The molecule has 0 radical (unpaired) electrons. The number of hydrogen-bond acceptors (Lipinski definition) is 2. The molecule has 1 heterocycles. The van der Waals surface area contributed by atoms with Crippen LogP contribution in [0.4, 0.5) is 0 Å². The molecule has 0 spiro atoms. The molecule has 0 aliphatic heterocycles. The van der Waals surface area contributed by atoms with E-state index in [1.807, 2.05) is 12.1 Å². The van der Waals surface area contributed by atoms with Gasteiger partial charge in [-0.3, -0.25) is 9.78 Å². The van der Waals surface area contributed by atoms with E-state index < -0.39 is 0 Å². The molecule has 1 aromatic rings.